The molecule has 1 aliphatic heterocycles. The van der Waals surface area contributed by atoms with E-state index in [0.29, 0.717) is 11.6 Å². The number of nitrogens with zero attached hydrogens (tertiary/aromatic N) is 1. The molecule has 27 heavy (non-hydrogen) atoms. The molecule has 138 valence electrons. The minimum atomic E-state index is -0.712. The van der Waals surface area contributed by atoms with E-state index in [0.717, 1.165) is 30.5 Å². The van der Waals surface area contributed by atoms with Crippen LogP contribution in [0.15, 0.2) is 66.7 Å². The molecule has 2 atom stereocenters. The van der Waals surface area contributed by atoms with Crippen LogP contribution in [0.5, 0.6) is 0 Å². The third-order valence-electron chi connectivity index (χ3n) is 5.46. The maximum atomic E-state index is 11.6. The minimum Gasteiger partial charge on any atom is -0.481 e. The fraction of sp³-hybridized carbons (Fsp3) is 0.261. The predicted molar refractivity (Wildman–Crippen MR) is 109 cm³/mol. The Morgan fingerprint density at radius 2 is 1.78 bits per heavy atom. The Morgan fingerprint density at radius 1 is 1.04 bits per heavy atom. The summed E-state index contributed by atoms with van der Waals surface area (Å²) >= 11 is 6.56. The van der Waals surface area contributed by atoms with Gasteiger partial charge in [-0.05, 0) is 53.4 Å². The van der Waals surface area contributed by atoms with Crippen LogP contribution in [0.3, 0.4) is 0 Å². The predicted octanol–water partition coefficient (Wildman–Crippen LogP) is 5.38. The second-order valence-electron chi connectivity index (χ2n) is 7.20. The van der Waals surface area contributed by atoms with Gasteiger partial charge in [-0.2, -0.15) is 0 Å². The van der Waals surface area contributed by atoms with Crippen molar-refractivity contribution in [3.05, 3.63) is 82.9 Å². The zero-order valence-electron chi connectivity index (χ0n) is 15.0. The molecule has 1 saturated heterocycles. The van der Waals surface area contributed by atoms with Gasteiger partial charge >= 0.3 is 5.97 Å². The van der Waals surface area contributed by atoms with Crippen LogP contribution >= 0.6 is 11.6 Å². The van der Waals surface area contributed by atoms with Crippen LogP contribution in [-0.2, 0) is 4.79 Å². The molecule has 0 aliphatic carbocycles. The van der Waals surface area contributed by atoms with E-state index < -0.39 is 5.97 Å². The van der Waals surface area contributed by atoms with E-state index in [1.807, 2.05) is 36.4 Å². The molecule has 1 aliphatic rings. The molecular weight excluding hydrogens is 358 g/mol. The molecule has 0 bridgehead atoms. The summed E-state index contributed by atoms with van der Waals surface area (Å²) in [6, 6.07) is 22.6. The molecule has 0 radical (unpaired) electrons. The summed E-state index contributed by atoms with van der Waals surface area (Å²) in [5.74, 6) is -1.04. The number of halogens is 1. The number of carbonyl (C=O) groups is 1. The summed E-state index contributed by atoms with van der Waals surface area (Å²) < 4.78 is 0. The standard InChI is InChI=1S/C23H22ClNO2/c24-21-10-4-3-9-20(21)22(25-13-5-8-19(15-25)23(26)27)18-12-11-16-6-1-2-7-17(16)14-18/h1-4,6-7,9-12,14,19,22H,5,8,13,15H2,(H,26,27). The normalized spacial score (nSPS) is 19.1. The molecule has 3 nitrogen and oxygen atoms in total. The summed E-state index contributed by atoms with van der Waals surface area (Å²) in [4.78, 5) is 13.9. The first-order chi connectivity index (χ1) is 13.1. The molecule has 3 aromatic carbocycles. The van der Waals surface area contributed by atoms with Gasteiger partial charge in [0.2, 0.25) is 0 Å². The van der Waals surface area contributed by atoms with Crippen molar-refractivity contribution in [3.8, 4) is 0 Å². The Labute approximate surface area is 164 Å². The van der Waals surface area contributed by atoms with Gasteiger partial charge < -0.3 is 5.11 Å². The van der Waals surface area contributed by atoms with Crippen LogP contribution in [0.2, 0.25) is 5.02 Å². The van der Waals surface area contributed by atoms with Gasteiger partial charge in [0.25, 0.3) is 0 Å². The fourth-order valence-corrected chi connectivity index (χ4v) is 4.34. The molecule has 2 unspecified atom stereocenters. The van der Waals surface area contributed by atoms with E-state index in [1.165, 1.54) is 10.8 Å². The topological polar surface area (TPSA) is 40.5 Å². The Morgan fingerprint density at radius 3 is 2.56 bits per heavy atom. The van der Waals surface area contributed by atoms with Crippen LogP contribution in [0.25, 0.3) is 10.8 Å². The first kappa shape index (κ1) is 18.0. The lowest BCUT2D eigenvalue weighted by molar-refractivity contribution is -0.143. The Bertz CT molecular complexity index is 971. The second-order valence-corrected chi connectivity index (χ2v) is 7.61. The summed E-state index contributed by atoms with van der Waals surface area (Å²) in [7, 11) is 0. The van der Waals surface area contributed by atoms with E-state index in [2.05, 4.69) is 35.2 Å². The highest BCUT2D eigenvalue weighted by molar-refractivity contribution is 6.31. The third kappa shape index (κ3) is 3.71. The number of hydrogen-bond acceptors (Lipinski definition) is 2. The number of fused-ring (bicyclic) bond motifs is 1. The van der Waals surface area contributed by atoms with E-state index in [1.54, 1.807) is 0 Å². The third-order valence-corrected chi connectivity index (χ3v) is 5.80. The van der Waals surface area contributed by atoms with E-state index in [9.17, 15) is 9.90 Å². The lowest BCUT2D eigenvalue weighted by Crippen LogP contribution is -2.41. The van der Waals surface area contributed by atoms with Gasteiger partial charge in [-0.15, -0.1) is 0 Å². The summed E-state index contributed by atoms with van der Waals surface area (Å²) in [6.45, 7) is 1.41. The van der Waals surface area contributed by atoms with E-state index >= 15 is 0 Å². The van der Waals surface area contributed by atoms with Crippen molar-refractivity contribution in [1.29, 1.82) is 0 Å². The van der Waals surface area contributed by atoms with Crippen molar-refractivity contribution < 1.29 is 9.90 Å². The highest BCUT2D eigenvalue weighted by Gasteiger charge is 2.32. The van der Waals surface area contributed by atoms with Crippen molar-refractivity contribution in [2.24, 2.45) is 5.92 Å². The van der Waals surface area contributed by atoms with Crippen LogP contribution in [0, 0.1) is 5.92 Å². The molecule has 4 rings (SSSR count). The van der Waals surface area contributed by atoms with Crippen LogP contribution in [-0.4, -0.2) is 29.1 Å². The van der Waals surface area contributed by atoms with E-state index in [4.69, 9.17) is 11.6 Å². The first-order valence-corrected chi connectivity index (χ1v) is 9.71. The molecule has 0 saturated carbocycles. The Balaban J connectivity index is 1.80. The molecule has 1 fully saturated rings. The number of carboxylic acids is 1. The Hall–Kier alpha value is -2.36. The van der Waals surface area contributed by atoms with Crippen LogP contribution < -0.4 is 0 Å². The average Bonchev–Trinajstić information content (AvgIpc) is 2.70. The molecule has 4 heteroatoms. The summed E-state index contributed by atoms with van der Waals surface area (Å²) in [5, 5.41) is 12.6. The molecular formula is C23H22ClNO2. The van der Waals surface area contributed by atoms with Gasteiger partial charge in [-0.3, -0.25) is 9.69 Å². The second kappa shape index (κ2) is 7.71. The lowest BCUT2D eigenvalue weighted by Gasteiger charge is -2.38. The molecule has 1 N–H and O–H groups in total. The van der Waals surface area contributed by atoms with Gasteiger partial charge in [-0.25, -0.2) is 0 Å². The number of piperidine rings is 1. The first-order valence-electron chi connectivity index (χ1n) is 9.33. The zero-order valence-corrected chi connectivity index (χ0v) is 15.8. The smallest absolute Gasteiger partial charge is 0.307 e. The maximum Gasteiger partial charge on any atom is 0.307 e. The maximum absolute atomic E-state index is 11.6. The average molecular weight is 380 g/mol. The van der Waals surface area contributed by atoms with Gasteiger partial charge in [0.1, 0.15) is 0 Å². The van der Waals surface area contributed by atoms with Crippen molar-refractivity contribution in [2.75, 3.05) is 13.1 Å². The summed E-state index contributed by atoms with van der Waals surface area (Å²) in [5.41, 5.74) is 2.17. The molecule has 3 aromatic rings. The van der Waals surface area contributed by atoms with E-state index in [-0.39, 0.29) is 12.0 Å². The van der Waals surface area contributed by atoms with Gasteiger partial charge in [0.15, 0.2) is 0 Å². The van der Waals surface area contributed by atoms with Gasteiger partial charge in [-0.1, -0.05) is 66.2 Å². The number of carboxylic acid groups (broad SMARTS) is 1. The van der Waals surface area contributed by atoms with Gasteiger partial charge in [0.05, 0.1) is 12.0 Å². The number of benzene rings is 3. The molecule has 1 heterocycles. The quantitative estimate of drug-likeness (QED) is 0.661. The largest absolute Gasteiger partial charge is 0.481 e. The van der Waals surface area contributed by atoms with Crippen molar-refractivity contribution in [1.82, 2.24) is 4.90 Å². The number of hydrogen-bond donors (Lipinski definition) is 1. The number of aliphatic carboxylic acids is 1. The summed E-state index contributed by atoms with van der Waals surface area (Å²) in [6.07, 6.45) is 1.62. The van der Waals surface area contributed by atoms with Crippen molar-refractivity contribution >= 4 is 28.3 Å². The van der Waals surface area contributed by atoms with Crippen molar-refractivity contribution in [2.45, 2.75) is 18.9 Å². The number of rotatable bonds is 4. The minimum absolute atomic E-state index is 0.0505. The highest BCUT2D eigenvalue weighted by Crippen LogP contribution is 2.37. The van der Waals surface area contributed by atoms with Crippen LogP contribution in [0.1, 0.15) is 30.0 Å². The van der Waals surface area contributed by atoms with Crippen LogP contribution in [0.4, 0.5) is 0 Å². The Kier molecular flexibility index (Phi) is 5.15. The molecule has 0 aromatic heterocycles. The fourth-order valence-electron chi connectivity index (χ4n) is 4.10. The zero-order chi connectivity index (χ0) is 18.8. The van der Waals surface area contributed by atoms with Crippen molar-refractivity contribution in [3.63, 3.8) is 0 Å². The highest BCUT2D eigenvalue weighted by atomic mass is 35.5. The lowest BCUT2D eigenvalue weighted by atomic mass is 9.90. The molecule has 0 spiro atoms. The number of likely N-dealkylation sites (tertiary alicyclic amines) is 1. The monoisotopic (exact) mass is 379 g/mol. The SMILES string of the molecule is O=C(O)C1CCCN(C(c2ccc3ccccc3c2)c2ccccc2Cl)C1. The molecule has 0 amide bonds. The van der Waals surface area contributed by atoms with Gasteiger partial charge in [0, 0.05) is 11.6 Å².